The van der Waals surface area contributed by atoms with Crippen molar-refractivity contribution in [2.75, 3.05) is 0 Å². The monoisotopic (exact) mass is 346 g/mol. The lowest BCUT2D eigenvalue weighted by atomic mass is 10.2. The van der Waals surface area contributed by atoms with Crippen molar-refractivity contribution in [3.63, 3.8) is 0 Å². The normalized spacial score (nSPS) is 12.2. The molecule has 0 unspecified atom stereocenters. The molecule has 0 aliphatic heterocycles. The van der Waals surface area contributed by atoms with Crippen molar-refractivity contribution in [3.05, 3.63) is 59.5 Å². The van der Waals surface area contributed by atoms with Gasteiger partial charge in [-0.1, -0.05) is 39.0 Å². The zero-order valence-corrected chi connectivity index (χ0v) is 16.1. The standard InChI is InChI=1S/C19H26O4Si/c1-19(2,3)24(4,5)23-14-17-11-15(12-21-17)13-22-18(20)16-9-7-6-8-10-16/h6-12H,13-14H2,1-5H3. The number of rotatable bonds is 6. The molecule has 1 aromatic carbocycles. The average molecular weight is 346 g/mol. The van der Waals surface area contributed by atoms with Gasteiger partial charge in [-0.2, -0.15) is 0 Å². The van der Waals surface area contributed by atoms with E-state index >= 15 is 0 Å². The van der Waals surface area contributed by atoms with Gasteiger partial charge < -0.3 is 13.6 Å². The molecule has 24 heavy (non-hydrogen) atoms. The lowest BCUT2D eigenvalue weighted by Crippen LogP contribution is -2.40. The molecular weight excluding hydrogens is 320 g/mol. The van der Waals surface area contributed by atoms with E-state index in [0.29, 0.717) is 12.2 Å². The van der Waals surface area contributed by atoms with Crippen molar-refractivity contribution in [3.8, 4) is 0 Å². The molecule has 130 valence electrons. The molecule has 0 amide bonds. The van der Waals surface area contributed by atoms with E-state index in [4.69, 9.17) is 13.6 Å². The smallest absolute Gasteiger partial charge is 0.338 e. The third-order valence-electron chi connectivity index (χ3n) is 4.47. The van der Waals surface area contributed by atoms with Crippen LogP contribution in [0, 0.1) is 0 Å². The largest absolute Gasteiger partial charge is 0.467 e. The molecule has 0 saturated carbocycles. The third kappa shape index (κ3) is 4.82. The molecule has 0 radical (unpaired) electrons. The first-order valence-corrected chi connectivity index (χ1v) is 11.0. The van der Waals surface area contributed by atoms with Crippen LogP contribution in [0.4, 0.5) is 0 Å². The number of benzene rings is 1. The van der Waals surface area contributed by atoms with Gasteiger partial charge in [0.1, 0.15) is 12.4 Å². The molecule has 0 fully saturated rings. The van der Waals surface area contributed by atoms with Crippen LogP contribution in [0.2, 0.25) is 18.1 Å². The first-order valence-electron chi connectivity index (χ1n) is 8.11. The molecule has 0 saturated heterocycles. The van der Waals surface area contributed by atoms with Crippen LogP contribution in [-0.2, 0) is 22.4 Å². The Kier molecular flexibility index (Phi) is 5.67. The SMILES string of the molecule is CC(C)(C)[Si](C)(C)OCc1cc(COC(=O)c2ccccc2)co1. The fourth-order valence-electron chi connectivity index (χ4n) is 1.85. The van der Waals surface area contributed by atoms with E-state index < -0.39 is 8.32 Å². The van der Waals surface area contributed by atoms with Gasteiger partial charge >= 0.3 is 5.97 Å². The van der Waals surface area contributed by atoms with E-state index in [2.05, 4.69) is 33.9 Å². The molecule has 0 N–H and O–H groups in total. The van der Waals surface area contributed by atoms with Crippen molar-refractivity contribution in [2.24, 2.45) is 0 Å². The Balaban J connectivity index is 1.86. The summed E-state index contributed by atoms with van der Waals surface area (Å²) in [6, 6.07) is 10.8. The summed E-state index contributed by atoms with van der Waals surface area (Å²) in [5, 5.41) is 0.160. The van der Waals surface area contributed by atoms with Gasteiger partial charge in [0.2, 0.25) is 0 Å². The maximum atomic E-state index is 11.9. The van der Waals surface area contributed by atoms with Crippen LogP contribution in [0.3, 0.4) is 0 Å². The number of hydrogen-bond donors (Lipinski definition) is 0. The molecule has 0 atom stereocenters. The Bertz CT molecular complexity index is 668. The lowest BCUT2D eigenvalue weighted by Gasteiger charge is -2.35. The van der Waals surface area contributed by atoms with Crippen LogP contribution in [0.25, 0.3) is 0 Å². The zero-order chi connectivity index (χ0) is 17.8. The minimum absolute atomic E-state index is 0.160. The van der Waals surface area contributed by atoms with Gasteiger partial charge in [-0.05, 0) is 36.3 Å². The van der Waals surface area contributed by atoms with E-state index in [1.807, 2.05) is 24.3 Å². The van der Waals surface area contributed by atoms with Crippen molar-refractivity contribution in [1.29, 1.82) is 0 Å². The highest BCUT2D eigenvalue weighted by atomic mass is 28.4. The summed E-state index contributed by atoms with van der Waals surface area (Å²) in [5.41, 5.74) is 1.37. The van der Waals surface area contributed by atoms with Crippen LogP contribution in [-0.4, -0.2) is 14.3 Å². The number of hydrogen-bond acceptors (Lipinski definition) is 4. The first kappa shape index (κ1) is 18.5. The summed E-state index contributed by atoms with van der Waals surface area (Å²) in [4.78, 5) is 11.9. The van der Waals surface area contributed by atoms with Crippen LogP contribution in [0.15, 0.2) is 47.1 Å². The highest BCUT2D eigenvalue weighted by molar-refractivity contribution is 6.74. The maximum absolute atomic E-state index is 11.9. The van der Waals surface area contributed by atoms with Crippen LogP contribution >= 0.6 is 0 Å². The van der Waals surface area contributed by atoms with Crippen molar-refractivity contribution in [1.82, 2.24) is 0 Å². The van der Waals surface area contributed by atoms with Crippen LogP contribution in [0.5, 0.6) is 0 Å². The van der Waals surface area contributed by atoms with Crippen molar-refractivity contribution in [2.45, 2.75) is 52.1 Å². The molecule has 1 heterocycles. The first-order chi connectivity index (χ1) is 11.2. The van der Waals surface area contributed by atoms with Crippen molar-refractivity contribution >= 4 is 14.3 Å². The predicted molar refractivity (Wildman–Crippen MR) is 96.3 cm³/mol. The zero-order valence-electron chi connectivity index (χ0n) is 15.1. The molecule has 1 aromatic heterocycles. The number of furan rings is 1. The van der Waals surface area contributed by atoms with E-state index in [9.17, 15) is 4.79 Å². The molecule has 5 heteroatoms. The molecule has 2 aromatic rings. The van der Waals surface area contributed by atoms with E-state index in [1.165, 1.54) is 0 Å². The summed E-state index contributed by atoms with van der Waals surface area (Å²) < 4.78 is 16.9. The second kappa shape index (κ2) is 7.36. The Morgan fingerprint density at radius 1 is 1.12 bits per heavy atom. The fraction of sp³-hybridized carbons (Fsp3) is 0.421. The van der Waals surface area contributed by atoms with Crippen LogP contribution in [0.1, 0.15) is 42.5 Å². The highest BCUT2D eigenvalue weighted by Crippen LogP contribution is 2.37. The fourth-order valence-corrected chi connectivity index (χ4v) is 2.79. The Morgan fingerprint density at radius 3 is 2.42 bits per heavy atom. The predicted octanol–water partition coefficient (Wildman–Crippen LogP) is 5.16. The average Bonchev–Trinajstić information content (AvgIpc) is 2.98. The van der Waals surface area contributed by atoms with Crippen LogP contribution < -0.4 is 0 Å². The van der Waals surface area contributed by atoms with Gasteiger partial charge in [-0.25, -0.2) is 4.79 Å². The van der Waals surface area contributed by atoms with Gasteiger partial charge in [0.15, 0.2) is 8.32 Å². The summed E-state index contributed by atoms with van der Waals surface area (Å²) in [6.45, 7) is 11.7. The van der Waals surface area contributed by atoms with Crippen molar-refractivity contribution < 1.29 is 18.4 Å². The molecule has 2 rings (SSSR count). The van der Waals surface area contributed by atoms with Gasteiger partial charge in [0.05, 0.1) is 18.4 Å². The summed E-state index contributed by atoms with van der Waals surface area (Å²) in [6.07, 6.45) is 1.61. The number of esters is 1. The Hall–Kier alpha value is -1.85. The molecule has 4 nitrogen and oxygen atoms in total. The summed E-state index contributed by atoms with van der Waals surface area (Å²) in [5.74, 6) is 0.418. The maximum Gasteiger partial charge on any atom is 0.338 e. The van der Waals surface area contributed by atoms with E-state index in [-0.39, 0.29) is 17.6 Å². The topological polar surface area (TPSA) is 48.7 Å². The molecule has 0 spiro atoms. The van der Waals surface area contributed by atoms with Gasteiger partial charge in [-0.15, -0.1) is 0 Å². The second-order valence-electron chi connectivity index (χ2n) is 7.41. The summed E-state index contributed by atoms with van der Waals surface area (Å²) >= 11 is 0. The molecule has 0 bridgehead atoms. The second-order valence-corrected chi connectivity index (χ2v) is 12.2. The third-order valence-corrected chi connectivity index (χ3v) is 8.95. The minimum atomic E-state index is -1.80. The quantitative estimate of drug-likeness (QED) is 0.535. The summed E-state index contributed by atoms with van der Waals surface area (Å²) in [7, 11) is -1.80. The number of carbonyl (C=O) groups excluding carboxylic acids is 1. The molecular formula is C19H26O4Si. The van der Waals surface area contributed by atoms with Gasteiger partial charge in [-0.3, -0.25) is 0 Å². The highest BCUT2D eigenvalue weighted by Gasteiger charge is 2.37. The minimum Gasteiger partial charge on any atom is -0.467 e. The molecule has 0 aliphatic carbocycles. The Morgan fingerprint density at radius 2 is 1.79 bits per heavy atom. The van der Waals surface area contributed by atoms with E-state index in [1.54, 1.807) is 18.4 Å². The number of ether oxygens (including phenoxy) is 1. The van der Waals surface area contributed by atoms with E-state index in [0.717, 1.165) is 11.3 Å². The molecule has 0 aliphatic rings. The van der Waals surface area contributed by atoms with Gasteiger partial charge in [0, 0.05) is 5.56 Å². The lowest BCUT2D eigenvalue weighted by molar-refractivity contribution is 0.0472. The Labute approximate surface area is 144 Å². The van der Waals surface area contributed by atoms with Gasteiger partial charge in [0.25, 0.3) is 0 Å². The number of carbonyl (C=O) groups is 1.